The van der Waals surface area contributed by atoms with Gasteiger partial charge < -0.3 is 10.4 Å². The van der Waals surface area contributed by atoms with Crippen molar-refractivity contribution in [1.82, 2.24) is 9.88 Å². The van der Waals surface area contributed by atoms with Gasteiger partial charge in [0, 0.05) is 31.8 Å². The van der Waals surface area contributed by atoms with E-state index in [9.17, 15) is 9.59 Å². The van der Waals surface area contributed by atoms with Gasteiger partial charge in [-0.1, -0.05) is 0 Å². The van der Waals surface area contributed by atoms with E-state index in [1.807, 2.05) is 5.38 Å². The number of carbonyl (C=O) groups excluding carboxylic acids is 1. The van der Waals surface area contributed by atoms with Crippen molar-refractivity contribution in [2.75, 3.05) is 18.4 Å². The van der Waals surface area contributed by atoms with Crippen LogP contribution >= 0.6 is 11.3 Å². The molecule has 6 nitrogen and oxygen atoms in total. The van der Waals surface area contributed by atoms with E-state index in [1.165, 1.54) is 18.3 Å². The molecule has 1 amide bonds. The van der Waals surface area contributed by atoms with Crippen LogP contribution in [0.3, 0.4) is 0 Å². The molecule has 1 unspecified atom stereocenters. The Kier molecular flexibility index (Phi) is 5.69. The van der Waals surface area contributed by atoms with Crippen molar-refractivity contribution in [3.63, 3.8) is 0 Å². The number of nitrogens with one attached hydrogen (secondary N) is 1. The summed E-state index contributed by atoms with van der Waals surface area (Å²) in [5, 5.41) is 14.1. The Morgan fingerprint density at radius 1 is 1.57 bits per heavy atom. The van der Waals surface area contributed by atoms with Crippen LogP contribution in [0.4, 0.5) is 5.13 Å². The average molecular weight is 311 g/mol. The van der Waals surface area contributed by atoms with Gasteiger partial charge in [-0.25, -0.2) is 4.98 Å². The molecule has 0 radical (unpaired) electrons. The van der Waals surface area contributed by atoms with E-state index in [0.29, 0.717) is 11.0 Å². The molecule has 0 aliphatic carbocycles. The number of rotatable bonds is 6. The van der Waals surface area contributed by atoms with Crippen LogP contribution in [0, 0.1) is 5.92 Å². The normalized spacial score (nSPS) is 19.4. The minimum Gasteiger partial charge on any atom is -0.481 e. The number of aromatic nitrogens is 1. The fourth-order valence-corrected chi connectivity index (χ4v) is 3.42. The van der Waals surface area contributed by atoms with Crippen LogP contribution in [-0.2, 0) is 16.1 Å². The minimum absolute atomic E-state index is 0.109. The maximum absolute atomic E-state index is 11.0. The third kappa shape index (κ3) is 5.43. The number of thiazole rings is 1. The van der Waals surface area contributed by atoms with E-state index in [1.54, 1.807) is 0 Å². The number of nitrogens with zero attached hydrogens (tertiary/aromatic N) is 2. The van der Waals surface area contributed by atoms with Crippen molar-refractivity contribution in [3.05, 3.63) is 11.1 Å². The summed E-state index contributed by atoms with van der Waals surface area (Å²) in [6, 6.07) is 0. The molecule has 2 rings (SSSR count). The van der Waals surface area contributed by atoms with Crippen LogP contribution in [-0.4, -0.2) is 40.0 Å². The molecule has 1 aliphatic rings. The number of piperidine rings is 1. The zero-order chi connectivity index (χ0) is 15.2. The average Bonchev–Trinajstić information content (AvgIpc) is 2.83. The van der Waals surface area contributed by atoms with Crippen molar-refractivity contribution >= 4 is 28.3 Å². The molecule has 21 heavy (non-hydrogen) atoms. The summed E-state index contributed by atoms with van der Waals surface area (Å²) in [7, 11) is 0. The molecule has 0 bridgehead atoms. The largest absolute Gasteiger partial charge is 0.481 e. The second kappa shape index (κ2) is 7.51. The molecule has 1 atom stereocenters. The predicted molar refractivity (Wildman–Crippen MR) is 81.3 cm³/mol. The number of aliphatic carboxylic acids is 1. The number of amides is 1. The smallest absolute Gasteiger partial charge is 0.303 e. The third-order valence-electron chi connectivity index (χ3n) is 3.59. The van der Waals surface area contributed by atoms with Crippen molar-refractivity contribution < 1.29 is 14.7 Å². The van der Waals surface area contributed by atoms with Crippen LogP contribution in [0.15, 0.2) is 5.38 Å². The van der Waals surface area contributed by atoms with E-state index in [0.717, 1.165) is 44.6 Å². The van der Waals surface area contributed by atoms with Gasteiger partial charge in [-0.05, 0) is 31.7 Å². The van der Waals surface area contributed by atoms with Gasteiger partial charge in [-0.2, -0.15) is 0 Å². The van der Waals surface area contributed by atoms with E-state index >= 15 is 0 Å². The van der Waals surface area contributed by atoms with Crippen LogP contribution in [0.25, 0.3) is 0 Å². The molecule has 2 heterocycles. The quantitative estimate of drug-likeness (QED) is 0.841. The fourth-order valence-electron chi connectivity index (χ4n) is 2.67. The highest BCUT2D eigenvalue weighted by molar-refractivity contribution is 7.13. The van der Waals surface area contributed by atoms with Crippen LogP contribution in [0.1, 0.15) is 38.3 Å². The number of likely N-dealkylation sites (tertiary alicyclic amines) is 1. The molecule has 1 aromatic rings. The molecule has 7 heteroatoms. The molecule has 0 aromatic carbocycles. The van der Waals surface area contributed by atoms with Crippen LogP contribution in [0.2, 0.25) is 0 Å². The predicted octanol–water partition coefficient (Wildman–Crippen LogP) is 2.18. The van der Waals surface area contributed by atoms with Gasteiger partial charge >= 0.3 is 5.97 Å². The molecule has 1 aliphatic heterocycles. The van der Waals surface area contributed by atoms with Gasteiger partial charge in [0.05, 0.1) is 5.69 Å². The molecule has 2 N–H and O–H groups in total. The van der Waals surface area contributed by atoms with Gasteiger partial charge in [0.15, 0.2) is 5.13 Å². The lowest BCUT2D eigenvalue weighted by Gasteiger charge is -2.32. The lowest BCUT2D eigenvalue weighted by Crippen LogP contribution is -2.35. The second-order valence-corrected chi connectivity index (χ2v) is 6.36. The lowest BCUT2D eigenvalue weighted by molar-refractivity contribution is -0.137. The first-order valence-corrected chi connectivity index (χ1v) is 8.07. The molecular weight excluding hydrogens is 290 g/mol. The Labute approximate surface area is 128 Å². The first-order valence-electron chi connectivity index (χ1n) is 7.19. The summed E-state index contributed by atoms with van der Waals surface area (Å²) >= 11 is 1.43. The van der Waals surface area contributed by atoms with E-state index in [-0.39, 0.29) is 12.3 Å². The van der Waals surface area contributed by atoms with Gasteiger partial charge in [0.25, 0.3) is 0 Å². The summed E-state index contributed by atoms with van der Waals surface area (Å²) in [5.41, 5.74) is 0.961. The molecule has 1 aromatic heterocycles. The number of hydrogen-bond donors (Lipinski definition) is 2. The highest BCUT2D eigenvalue weighted by atomic mass is 32.1. The summed E-state index contributed by atoms with van der Waals surface area (Å²) in [6.45, 7) is 4.19. The fraction of sp³-hybridized carbons (Fsp3) is 0.643. The van der Waals surface area contributed by atoms with E-state index < -0.39 is 5.97 Å². The molecule has 116 valence electrons. The molecule has 0 saturated carbocycles. The SMILES string of the molecule is CC(=O)Nc1nc(CN2CCCC(CCC(=O)O)C2)cs1. The molecule has 1 saturated heterocycles. The van der Waals surface area contributed by atoms with Crippen LogP contribution in [0.5, 0.6) is 0 Å². The monoisotopic (exact) mass is 311 g/mol. The first-order chi connectivity index (χ1) is 10.0. The molecule has 1 fully saturated rings. The number of hydrogen-bond acceptors (Lipinski definition) is 5. The Morgan fingerprint density at radius 2 is 2.38 bits per heavy atom. The number of carbonyl (C=O) groups is 2. The standard InChI is InChI=1S/C14H21N3O3S/c1-10(18)15-14-16-12(9-21-14)8-17-6-2-3-11(7-17)4-5-13(19)20/h9,11H,2-8H2,1H3,(H,19,20)(H,15,16,18). The number of anilines is 1. The van der Waals surface area contributed by atoms with Crippen molar-refractivity contribution in [2.24, 2.45) is 5.92 Å². The highest BCUT2D eigenvalue weighted by Gasteiger charge is 2.21. The van der Waals surface area contributed by atoms with Crippen molar-refractivity contribution in [3.8, 4) is 0 Å². The summed E-state index contributed by atoms with van der Waals surface area (Å²) in [5.74, 6) is -0.363. The van der Waals surface area contributed by atoms with E-state index in [2.05, 4.69) is 15.2 Å². The maximum Gasteiger partial charge on any atom is 0.303 e. The minimum atomic E-state index is -0.716. The number of carboxylic acid groups (broad SMARTS) is 1. The van der Waals surface area contributed by atoms with Gasteiger partial charge in [-0.15, -0.1) is 11.3 Å². The Bertz CT molecular complexity index is 503. The summed E-state index contributed by atoms with van der Waals surface area (Å²) < 4.78 is 0. The van der Waals surface area contributed by atoms with E-state index in [4.69, 9.17) is 5.11 Å². The first kappa shape index (κ1) is 15.9. The zero-order valence-electron chi connectivity index (χ0n) is 12.2. The summed E-state index contributed by atoms with van der Waals surface area (Å²) in [4.78, 5) is 28.3. The topological polar surface area (TPSA) is 82.5 Å². The second-order valence-electron chi connectivity index (χ2n) is 5.50. The number of carboxylic acids is 1. The van der Waals surface area contributed by atoms with Crippen LogP contribution < -0.4 is 5.32 Å². The van der Waals surface area contributed by atoms with Crippen molar-refractivity contribution in [2.45, 2.75) is 39.2 Å². The van der Waals surface area contributed by atoms with Gasteiger partial charge in [0.2, 0.25) is 5.91 Å². The Morgan fingerprint density at radius 3 is 3.10 bits per heavy atom. The van der Waals surface area contributed by atoms with Crippen molar-refractivity contribution in [1.29, 1.82) is 0 Å². The van der Waals surface area contributed by atoms with Gasteiger partial charge in [0.1, 0.15) is 0 Å². The molecule has 0 spiro atoms. The third-order valence-corrected chi connectivity index (χ3v) is 4.40. The lowest BCUT2D eigenvalue weighted by atomic mass is 9.93. The Hall–Kier alpha value is -1.47. The Balaban J connectivity index is 1.83. The maximum atomic E-state index is 11.0. The highest BCUT2D eigenvalue weighted by Crippen LogP contribution is 2.23. The zero-order valence-corrected chi connectivity index (χ0v) is 13.0. The van der Waals surface area contributed by atoms with Gasteiger partial charge in [-0.3, -0.25) is 14.5 Å². The summed E-state index contributed by atoms with van der Waals surface area (Å²) in [6.07, 6.45) is 3.22. The molecular formula is C14H21N3O3S.